The van der Waals surface area contributed by atoms with Crippen molar-refractivity contribution in [2.24, 2.45) is 0 Å². The molecule has 1 amide bonds. The van der Waals surface area contributed by atoms with Gasteiger partial charge in [-0.15, -0.1) is 10.2 Å². The number of fused-ring (bicyclic) bond motifs is 2. The van der Waals surface area contributed by atoms with Crippen LogP contribution in [-0.4, -0.2) is 39.1 Å². The normalized spacial score (nSPS) is 11.1. The van der Waals surface area contributed by atoms with Gasteiger partial charge in [0.15, 0.2) is 10.9 Å². The number of hydrogen-bond acceptors (Lipinski definition) is 6. The predicted molar refractivity (Wildman–Crippen MR) is 152 cm³/mol. The Kier molecular flexibility index (Phi) is 6.62. The summed E-state index contributed by atoms with van der Waals surface area (Å²) in [5, 5.41) is 16.2. The van der Waals surface area contributed by atoms with Crippen LogP contribution in [0.2, 0.25) is 0 Å². The molecule has 0 unspecified atom stereocenters. The minimum Gasteiger partial charge on any atom is -0.451 e. The van der Waals surface area contributed by atoms with Crippen molar-refractivity contribution < 1.29 is 9.21 Å². The molecule has 8 nitrogen and oxygen atoms in total. The van der Waals surface area contributed by atoms with Crippen molar-refractivity contribution >= 4 is 56.6 Å². The van der Waals surface area contributed by atoms with Gasteiger partial charge >= 0.3 is 0 Å². The molecule has 37 heavy (non-hydrogen) atoms. The van der Waals surface area contributed by atoms with Crippen LogP contribution < -0.4 is 15.5 Å². The molecule has 0 radical (unpaired) electrons. The third-order valence-electron chi connectivity index (χ3n) is 6.38. The van der Waals surface area contributed by atoms with Crippen molar-refractivity contribution in [2.45, 2.75) is 27.7 Å². The van der Waals surface area contributed by atoms with Crippen molar-refractivity contribution in [1.82, 2.24) is 20.3 Å². The van der Waals surface area contributed by atoms with Crippen molar-refractivity contribution in [3.05, 3.63) is 77.6 Å². The fraction of sp³-hybridized carbons (Fsp3) is 0.214. The number of nitrogens with one attached hydrogen (secondary N) is 2. The first kappa shape index (κ1) is 24.5. The van der Waals surface area contributed by atoms with E-state index >= 15 is 0 Å². The summed E-state index contributed by atoms with van der Waals surface area (Å²) in [5.41, 5.74) is 7.00. The van der Waals surface area contributed by atoms with Crippen LogP contribution in [0.5, 0.6) is 0 Å². The molecule has 2 N–H and O–H groups in total. The molecule has 5 aromatic rings. The largest absolute Gasteiger partial charge is 0.451 e. The first-order valence-electron chi connectivity index (χ1n) is 12.2. The van der Waals surface area contributed by atoms with E-state index in [2.05, 4.69) is 54.5 Å². The van der Waals surface area contributed by atoms with Gasteiger partial charge in [-0.1, -0.05) is 18.2 Å². The van der Waals surface area contributed by atoms with Gasteiger partial charge in [0.1, 0.15) is 16.6 Å². The van der Waals surface area contributed by atoms with E-state index in [1.807, 2.05) is 43.3 Å². The summed E-state index contributed by atoms with van der Waals surface area (Å²) in [7, 11) is 0. The van der Waals surface area contributed by atoms with E-state index in [1.54, 1.807) is 10.9 Å². The number of benzene rings is 3. The van der Waals surface area contributed by atoms with Crippen LogP contribution in [0.25, 0.3) is 27.7 Å². The molecule has 2 aromatic heterocycles. The van der Waals surface area contributed by atoms with Gasteiger partial charge in [0.05, 0.1) is 5.69 Å². The SMILES string of the molecule is CCN(CC)c1ccc(-n2nc3cc(C)c(NC(=S)NC(=O)c4cc5ccccc5o4)cc3n2)c(C)c1. The number of aromatic nitrogens is 3. The molecule has 188 valence electrons. The van der Waals surface area contributed by atoms with Crippen LogP contribution in [-0.2, 0) is 0 Å². The lowest BCUT2D eigenvalue weighted by atomic mass is 10.1. The number of para-hydroxylation sites is 1. The minimum atomic E-state index is -0.415. The van der Waals surface area contributed by atoms with Gasteiger partial charge in [0.25, 0.3) is 5.91 Å². The van der Waals surface area contributed by atoms with E-state index in [0.717, 1.165) is 46.5 Å². The van der Waals surface area contributed by atoms with E-state index in [1.165, 1.54) is 5.69 Å². The number of nitrogens with zero attached hydrogens (tertiary/aromatic N) is 4. The summed E-state index contributed by atoms with van der Waals surface area (Å²) in [6.07, 6.45) is 0. The fourth-order valence-corrected chi connectivity index (χ4v) is 4.57. The zero-order chi connectivity index (χ0) is 26.1. The minimum absolute atomic E-state index is 0.170. The zero-order valence-electron chi connectivity index (χ0n) is 21.2. The lowest BCUT2D eigenvalue weighted by Crippen LogP contribution is -2.34. The summed E-state index contributed by atoms with van der Waals surface area (Å²) in [5.74, 6) is -0.218. The second-order valence-electron chi connectivity index (χ2n) is 8.85. The Balaban J connectivity index is 1.34. The van der Waals surface area contributed by atoms with Crippen LogP contribution in [0, 0.1) is 13.8 Å². The Labute approximate surface area is 220 Å². The van der Waals surface area contributed by atoms with E-state index < -0.39 is 5.91 Å². The highest BCUT2D eigenvalue weighted by molar-refractivity contribution is 7.80. The molecule has 5 rings (SSSR count). The predicted octanol–water partition coefficient (Wildman–Crippen LogP) is 5.76. The Bertz CT molecular complexity index is 1600. The summed E-state index contributed by atoms with van der Waals surface area (Å²) in [6, 6.07) is 19.3. The number of aryl methyl sites for hydroxylation is 2. The highest BCUT2D eigenvalue weighted by Crippen LogP contribution is 2.25. The number of furan rings is 1. The van der Waals surface area contributed by atoms with Gasteiger partial charge < -0.3 is 14.6 Å². The van der Waals surface area contributed by atoms with Gasteiger partial charge in [-0.25, -0.2) is 0 Å². The molecule has 2 heterocycles. The van der Waals surface area contributed by atoms with E-state index in [9.17, 15) is 4.79 Å². The Hall–Kier alpha value is -4.24. The second-order valence-corrected chi connectivity index (χ2v) is 9.25. The lowest BCUT2D eigenvalue weighted by molar-refractivity contribution is 0.0953. The van der Waals surface area contributed by atoms with E-state index in [4.69, 9.17) is 26.8 Å². The monoisotopic (exact) mass is 512 g/mol. The molecule has 0 fully saturated rings. The van der Waals surface area contributed by atoms with Crippen molar-refractivity contribution in [1.29, 1.82) is 0 Å². The van der Waals surface area contributed by atoms with Gasteiger partial charge in [-0.3, -0.25) is 10.1 Å². The summed E-state index contributed by atoms with van der Waals surface area (Å²) in [6.45, 7) is 10.2. The van der Waals surface area contributed by atoms with Crippen molar-refractivity contribution in [3.63, 3.8) is 0 Å². The molecular formula is C28H28N6O2S. The topological polar surface area (TPSA) is 88.2 Å². The van der Waals surface area contributed by atoms with Gasteiger partial charge in [-0.05, 0) is 93.5 Å². The molecule has 0 saturated carbocycles. The first-order chi connectivity index (χ1) is 17.9. The van der Waals surface area contributed by atoms with Crippen molar-refractivity contribution in [2.75, 3.05) is 23.3 Å². The summed E-state index contributed by atoms with van der Waals surface area (Å²) in [4.78, 5) is 16.6. The quantitative estimate of drug-likeness (QED) is 0.280. The van der Waals surface area contributed by atoms with Crippen LogP contribution >= 0.6 is 12.2 Å². The average Bonchev–Trinajstić information content (AvgIpc) is 3.49. The highest BCUT2D eigenvalue weighted by atomic mass is 32.1. The standard InChI is InChI=1S/C28H28N6O2S/c1-5-33(6-2)20-11-12-24(18(4)13-20)34-31-22-14-17(3)21(16-23(22)32-34)29-28(37)30-27(35)26-15-19-9-7-8-10-25(19)36-26/h7-16H,5-6H2,1-4H3,(H2,29,30,35,37). The number of anilines is 2. The van der Waals surface area contributed by atoms with Gasteiger partial charge in [-0.2, -0.15) is 4.80 Å². The first-order valence-corrected chi connectivity index (χ1v) is 12.6. The molecule has 3 aromatic carbocycles. The second kappa shape index (κ2) is 10.0. The Morgan fingerprint density at radius 1 is 0.973 bits per heavy atom. The molecule has 0 atom stereocenters. The molecule has 0 bridgehead atoms. The molecule has 0 spiro atoms. The number of amides is 1. The van der Waals surface area contributed by atoms with Crippen molar-refractivity contribution in [3.8, 4) is 5.69 Å². The average molecular weight is 513 g/mol. The maximum atomic E-state index is 12.6. The van der Waals surface area contributed by atoms with E-state index in [0.29, 0.717) is 11.1 Å². The molecule has 0 saturated heterocycles. The third kappa shape index (κ3) is 4.90. The van der Waals surface area contributed by atoms with Crippen LogP contribution in [0.3, 0.4) is 0 Å². The maximum absolute atomic E-state index is 12.6. The Morgan fingerprint density at radius 3 is 2.41 bits per heavy atom. The smallest absolute Gasteiger partial charge is 0.293 e. The van der Waals surface area contributed by atoms with Crippen LogP contribution in [0.15, 0.2) is 65.1 Å². The summed E-state index contributed by atoms with van der Waals surface area (Å²) >= 11 is 5.40. The maximum Gasteiger partial charge on any atom is 0.293 e. The van der Waals surface area contributed by atoms with Gasteiger partial charge in [0.2, 0.25) is 0 Å². The zero-order valence-corrected chi connectivity index (χ0v) is 22.0. The summed E-state index contributed by atoms with van der Waals surface area (Å²) < 4.78 is 5.63. The molecule has 0 aliphatic rings. The number of rotatable bonds is 6. The lowest BCUT2D eigenvalue weighted by Gasteiger charge is -2.22. The molecular weight excluding hydrogens is 484 g/mol. The third-order valence-corrected chi connectivity index (χ3v) is 6.58. The fourth-order valence-electron chi connectivity index (χ4n) is 4.37. The number of thiocarbonyl (C=S) groups is 1. The number of carbonyl (C=O) groups excluding carboxylic acids is 1. The van der Waals surface area contributed by atoms with E-state index in [-0.39, 0.29) is 10.9 Å². The molecule has 0 aliphatic carbocycles. The highest BCUT2D eigenvalue weighted by Gasteiger charge is 2.16. The molecule has 9 heteroatoms. The van der Waals surface area contributed by atoms with Gasteiger partial charge in [0, 0.05) is 29.9 Å². The van der Waals surface area contributed by atoms with Crippen LogP contribution in [0.1, 0.15) is 35.5 Å². The number of carbonyl (C=O) groups is 1. The number of hydrogen-bond donors (Lipinski definition) is 2. The Morgan fingerprint density at radius 2 is 1.70 bits per heavy atom. The molecule has 0 aliphatic heterocycles. The van der Waals surface area contributed by atoms with Crippen LogP contribution in [0.4, 0.5) is 11.4 Å².